The maximum atomic E-state index is 12.2. The van der Waals surface area contributed by atoms with Crippen LogP contribution in [0.2, 0.25) is 0 Å². The van der Waals surface area contributed by atoms with Gasteiger partial charge in [0.15, 0.2) is 0 Å². The molecule has 1 aromatic heterocycles. The largest absolute Gasteiger partial charge is 0.449 e. The second kappa shape index (κ2) is 9.08. The van der Waals surface area contributed by atoms with Crippen molar-refractivity contribution in [1.29, 1.82) is 0 Å². The normalized spacial score (nSPS) is 11.9. The summed E-state index contributed by atoms with van der Waals surface area (Å²) in [4.78, 5) is 22.8. The van der Waals surface area contributed by atoms with Gasteiger partial charge in [-0.15, -0.1) is 0 Å². The first kappa shape index (κ1) is 21.2. The Balaban J connectivity index is 1.15. The number of amides is 1. The van der Waals surface area contributed by atoms with Crippen LogP contribution in [0.3, 0.4) is 0 Å². The highest BCUT2D eigenvalue weighted by atomic mass is 16.6. The van der Waals surface area contributed by atoms with E-state index >= 15 is 0 Å². The number of fused-ring (bicyclic) bond motifs is 4. The molecule has 0 atom stereocenters. The molecule has 0 spiro atoms. The van der Waals surface area contributed by atoms with E-state index in [2.05, 4.69) is 51.6 Å². The lowest BCUT2D eigenvalue weighted by atomic mass is 9.98. The molecule has 3 aromatic carbocycles. The van der Waals surface area contributed by atoms with Crippen LogP contribution >= 0.6 is 0 Å². The van der Waals surface area contributed by atoms with Gasteiger partial charge in [0.2, 0.25) is 0 Å². The Morgan fingerprint density at radius 3 is 2.50 bits per heavy atom. The Hall–Kier alpha value is -4.64. The third kappa shape index (κ3) is 4.07. The molecule has 0 saturated heterocycles. The van der Waals surface area contributed by atoms with Gasteiger partial charge in [0.25, 0.3) is 5.69 Å². The predicted octanol–water partition coefficient (Wildman–Crippen LogP) is 4.75. The molecule has 1 amide bonds. The van der Waals surface area contributed by atoms with Crippen molar-refractivity contribution < 1.29 is 14.5 Å². The van der Waals surface area contributed by atoms with Crippen molar-refractivity contribution in [1.82, 2.24) is 15.5 Å². The van der Waals surface area contributed by atoms with Crippen LogP contribution in [0.15, 0.2) is 66.7 Å². The highest BCUT2D eigenvalue weighted by molar-refractivity contribution is 5.86. The van der Waals surface area contributed by atoms with Crippen LogP contribution in [0.25, 0.3) is 22.0 Å². The third-order valence-electron chi connectivity index (χ3n) is 5.82. The Morgan fingerprint density at radius 2 is 1.79 bits per heavy atom. The first-order valence-electron chi connectivity index (χ1n) is 10.8. The number of nitro groups is 1. The summed E-state index contributed by atoms with van der Waals surface area (Å²) >= 11 is 0. The zero-order valence-corrected chi connectivity index (χ0v) is 18.1. The number of hydrogen-bond acceptors (Lipinski definition) is 5. The minimum Gasteiger partial charge on any atom is -0.449 e. The monoisotopic (exact) mass is 452 g/mol. The van der Waals surface area contributed by atoms with Gasteiger partial charge in [-0.1, -0.05) is 54.5 Å². The smallest absolute Gasteiger partial charge is 0.407 e. The molecule has 1 aliphatic carbocycles. The van der Waals surface area contributed by atoms with E-state index in [0.29, 0.717) is 29.6 Å². The van der Waals surface area contributed by atoms with Crippen LogP contribution in [0.1, 0.15) is 29.2 Å². The van der Waals surface area contributed by atoms with E-state index in [1.54, 1.807) is 6.07 Å². The Kier molecular flexibility index (Phi) is 5.67. The Labute approximate surface area is 195 Å². The number of nitro benzene ring substituents is 1. The number of H-pyrrole nitrogens is 1. The van der Waals surface area contributed by atoms with Crippen molar-refractivity contribution in [2.75, 3.05) is 13.2 Å². The van der Waals surface area contributed by atoms with Gasteiger partial charge in [0.05, 0.1) is 10.4 Å². The SMILES string of the molecule is O=C(NCCC#Cc1[nH]nc2ccc([N+](=O)[O-])cc12)OCC1c2ccccc2-c2ccccc21. The van der Waals surface area contributed by atoms with Gasteiger partial charge >= 0.3 is 6.09 Å². The summed E-state index contributed by atoms with van der Waals surface area (Å²) < 4.78 is 5.51. The molecule has 0 bridgehead atoms. The molecule has 1 heterocycles. The average Bonchev–Trinajstić information content (AvgIpc) is 3.41. The Bertz CT molecular complexity index is 1420. The van der Waals surface area contributed by atoms with Crippen molar-refractivity contribution in [2.45, 2.75) is 12.3 Å². The standard InChI is InChI=1S/C26H20N4O4/c31-26(34-16-23-20-9-3-1-7-18(20)19-8-2-4-10-21(19)23)27-14-6-5-11-24-22-15-17(30(32)33)12-13-25(22)29-28-24/h1-4,7-10,12-13,15,23H,6,14,16H2,(H,27,31)(H,28,29). The molecule has 168 valence electrons. The zero-order chi connectivity index (χ0) is 23.5. The van der Waals surface area contributed by atoms with Gasteiger partial charge in [-0.05, 0) is 34.2 Å². The number of benzene rings is 3. The second-order valence-electron chi connectivity index (χ2n) is 7.86. The fraction of sp³-hybridized carbons (Fsp3) is 0.154. The summed E-state index contributed by atoms with van der Waals surface area (Å²) in [5, 5.41) is 21.2. The first-order chi connectivity index (χ1) is 16.6. The van der Waals surface area contributed by atoms with E-state index in [4.69, 9.17) is 4.74 Å². The van der Waals surface area contributed by atoms with Gasteiger partial charge in [-0.2, -0.15) is 5.10 Å². The number of carbonyl (C=O) groups is 1. The minimum atomic E-state index is -0.494. The molecule has 34 heavy (non-hydrogen) atoms. The second-order valence-corrected chi connectivity index (χ2v) is 7.86. The molecular weight excluding hydrogens is 432 g/mol. The summed E-state index contributed by atoms with van der Waals surface area (Å²) in [6.45, 7) is 0.570. The number of aromatic nitrogens is 2. The summed E-state index contributed by atoms with van der Waals surface area (Å²) in [6.07, 6.45) is -0.106. The van der Waals surface area contributed by atoms with Crippen LogP contribution < -0.4 is 5.32 Å². The van der Waals surface area contributed by atoms with E-state index in [-0.39, 0.29) is 18.2 Å². The van der Waals surface area contributed by atoms with Crippen LogP contribution in [-0.4, -0.2) is 34.4 Å². The fourth-order valence-corrected chi connectivity index (χ4v) is 4.23. The van der Waals surface area contributed by atoms with Crippen molar-refractivity contribution >= 4 is 22.7 Å². The molecule has 5 rings (SSSR count). The fourth-order valence-electron chi connectivity index (χ4n) is 4.23. The molecular formula is C26H20N4O4. The van der Waals surface area contributed by atoms with Crippen LogP contribution in [-0.2, 0) is 4.74 Å². The number of nitrogens with one attached hydrogen (secondary N) is 2. The highest BCUT2D eigenvalue weighted by Crippen LogP contribution is 2.44. The summed E-state index contributed by atoms with van der Waals surface area (Å²) in [6, 6.07) is 20.8. The molecule has 2 N–H and O–H groups in total. The van der Waals surface area contributed by atoms with Gasteiger partial charge in [-0.3, -0.25) is 15.2 Å². The molecule has 0 unspecified atom stereocenters. The van der Waals surface area contributed by atoms with E-state index < -0.39 is 11.0 Å². The first-order valence-corrected chi connectivity index (χ1v) is 10.8. The summed E-state index contributed by atoms with van der Waals surface area (Å²) in [5.74, 6) is 5.88. The zero-order valence-electron chi connectivity index (χ0n) is 18.1. The number of alkyl carbamates (subject to hydrolysis) is 1. The number of carbonyl (C=O) groups excluding carboxylic acids is 1. The molecule has 1 aliphatic rings. The molecule has 0 saturated carbocycles. The summed E-state index contributed by atoms with van der Waals surface area (Å²) in [5.41, 5.74) is 5.77. The maximum Gasteiger partial charge on any atom is 0.407 e. The lowest BCUT2D eigenvalue weighted by Crippen LogP contribution is -2.26. The third-order valence-corrected chi connectivity index (χ3v) is 5.82. The van der Waals surface area contributed by atoms with Crippen molar-refractivity contribution in [2.24, 2.45) is 0 Å². The number of rotatable bonds is 5. The number of hydrogen-bond donors (Lipinski definition) is 2. The van der Waals surface area contributed by atoms with E-state index in [1.165, 1.54) is 23.3 Å². The van der Waals surface area contributed by atoms with Gasteiger partial charge < -0.3 is 10.1 Å². The predicted molar refractivity (Wildman–Crippen MR) is 127 cm³/mol. The molecule has 8 heteroatoms. The number of ether oxygens (including phenoxy) is 1. The van der Waals surface area contributed by atoms with Crippen LogP contribution in [0.5, 0.6) is 0 Å². The van der Waals surface area contributed by atoms with Crippen LogP contribution in [0, 0.1) is 22.0 Å². The Morgan fingerprint density at radius 1 is 1.09 bits per heavy atom. The minimum absolute atomic E-state index is 0.00987. The lowest BCUT2D eigenvalue weighted by molar-refractivity contribution is -0.384. The quantitative estimate of drug-likeness (QED) is 0.196. The molecule has 0 radical (unpaired) electrons. The van der Waals surface area contributed by atoms with Crippen molar-refractivity contribution in [3.8, 4) is 23.0 Å². The maximum absolute atomic E-state index is 12.2. The van der Waals surface area contributed by atoms with E-state index in [0.717, 1.165) is 11.1 Å². The summed E-state index contributed by atoms with van der Waals surface area (Å²) in [7, 11) is 0. The molecule has 0 fully saturated rings. The van der Waals surface area contributed by atoms with Crippen LogP contribution in [0.4, 0.5) is 10.5 Å². The van der Waals surface area contributed by atoms with E-state index in [9.17, 15) is 14.9 Å². The van der Waals surface area contributed by atoms with Crippen molar-refractivity contribution in [3.63, 3.8) is 0 Å². The number of non-ortho nitro benzene ring substituents is 1. The van der Waals surface area contributed by atoms with Gasteiger partial charge in [0, 0.05) is 36.4 Å². The highest BCUT2D eigenvalue weighted by Gasteiger charge is 2.28. The number of nitrogens with zero attached hydrogens (tertiary/aromatic N) is 2. The molecule has 4 aromatic rings. The molecule has 0 aliphatic heterocycles. The van der Waals surface area contributed by atoms with Gasteiger partial charge in [-0.25, -0.2) is 4.79 Å². The number of aromatic amines is 1. The van der Waals surface area contributed by atoms with E-state index in [1.807, 2.05) is 24.3 Å². The molecule has 8 nitrogen and oxygen atoms in total. The van der Waals surface area contributed by atoms with Crippen molar-refractivity contribution in [3.05, 3.63) is 93.7 Å². The lowest BCUT2D eigenvalue weighted by Gasteiger charge is -2.14. The van der Waals surface area contributed by atoms with Gasteiger partial charge in [0.1, 0.15) is 12.3 Å². The topological polar surface area (TPSA) is 110 Å². The average molecular weight is 452 g/mol.